The molecular formula is C14H13F2NO2S. The Bertz CT molecular complexity index is 598. The van der Waals surface area contributed by atoms with Crippen LogP contribution in [0.15, 0.2) is 36.4 Å². The number of aryl methyl sites for hydroxylation is 1. The first-order valence-electron chi connectivity index (χ1n) is 6.04. The number of halogens is 2. The minimum Gasteiger partial charge on any atom is -0.433 e. The molecule has 0 bridgehead atoms. The van der Waals surface area contributed by atoms with Crippen molar-refractivity contribution in [2.75, 3.05) is 5.32 Å². The molecule has 2 aromatic rings. The first-order chi connectivity index (χ1) is 9.60. The molecule has 0 aliphatic heterocycles. The number of para-hydroxylation sites is 2. The van der Waals surface area contributed by atoms with Crippen molar-refractivity contribution in [3.8, 4) is 5.75 Å². The van der Waals surface area contributed by atoms with Crippen LogP contribution in [0.1, 0.15) is 21.5 Å². The number of hydrogen-bond donors (Lipinski definition) is 1. The summed E-state index contributed by atoms with van der Waals surface area (Å²) >= 11 is 1.38. The van der Waals surface area contributed by atoms with E-state index < -0.39 is 6.61 Å². The highest BCUT2D eigenvalue weighted by Gasteiger charge is 2.13. The van der Waals surface area contributed by atoms with Crippen LogP contribution in [0.4, 0.5) is 14.5 Å². The summed E-state index contributed by atoms with van der Waals surface area (Å²) in [5.74, 6) is -0.386. The van der Waals surface area contributed by atoms with Crippen molar-refractivity contribution in [2.24, 2.45) is 0 Å². The summed E-state index contributed by atoms with van der Waals surface area (Å²) in [7, 11) is 0. The summed E-state index contributed by atoms with van der Waals surface area (Å²) in [5, 5.41) is 2.58. The van der Waals surface area contributed by atoms with E-state index in [1.54, 1.807) is 18.2 Å². The lowest BCUT2D eigenvalue weighted by Crippen LogP contribution is -2.12. The number of carbonyl (C=O) groups is 1. The Morgan fingerprint density at radius 3 is 2.70 bits per heavy atom. The van der Waals surface area contributed by atoms with E-state index in [2.05, 4.69) is 10.1 Å². The van der Waals surface area contributed by atoms with Gasteiger partial charge in [-0.3, -0.25) is 4.79 Å². The molecule has 1 aromatic carbocycles. The van der Waals surface area contributed by atoms with E-state index in [4.69, 9.17) is 0 Å². The van der Waals surface area contributed by atoms with Gasteiger partial charge in [0.15, 0.2) is 0 Å². The van der Waals surface area contributed by atoms with Crippen LogP contribution in [-0.2, 0) is 6.42 Å². The summed E-state index contributed by atoms with van der Waals surface area (Å²) in [6, 6.07) is 9.70. The average molecular weight is 297 g/mol. The number of amides is 1. The van der Waals surface area contributed by atoms with Gasteiger partial charge in [-0.25, -0.2) is 0 Å². The monoisotopic (exact) mass is 297 g/mol. The molecule has 2 rings (SSSR count). The van der Waals surface area contributed by atoms with Gasteiger partial charge in [0, 0.05) is 4.88 Å². The average Bonchev–Trinajstić information content (AvgIpc) is 2.89. The maximum atomic E-state index is 12.3. The highest BCUT2D eigenvalue weighted by Crippen LogP contribution is 2.27. The first kappa shape index (κ1) is 14.5. The van der Waals surface area contributed by atoms with Crippen molar-refractivity contribution in [3.05, 3.63) is 46.2 Å². The predicted molar refractivity (Wildman–Crippen MR) is 74.7 cm³/mol. The maximum absolute atomic E-state index is 12.3. The van der Waals surface area contributed by atoms with Gasteiger partial charge < -0.3 is 10.1 Å². The zero-order valence-corrected chi connectivity index (χ0v) is 11.5. The number of carbonyl (C=O) groups excluding carboxylic acids is 1. The number of benzene rings is 1. The summed E-state index contributed by atoms with van der Waals surface area (Å²) in [6.07, 6.45) is 0.850. The van der Waals surface area contributed by atoms with Crippen molar-refractivity contribution in [1.29, 1.82) is 0 Å². The highest BCUT2D eigenvalue weighted by molar-refractivity contribution is 7.14. The van der Waals surface area contributed by atoms with Crippen molar-refractivity contribution in [2.45, 2.75) is 20.0 Å². The molecule has 0 atom stereocenters. The normalized spacial score (nSPS) is 10.6. The molecule has 1 heterocycles. The number of rotatable bonds is 5. The van der Waals surface area contributed by atoms with Crippen LogP contribution < -0.4 is 10.1 Å². The van der Waals surface area contributed by atoms with Gasteiger partial charge in [-0.1, -0.05) is 19.1 Å². The lowest BCUT2D eigenvalue weighted by molar-refractivity contribution is -0.0493. The number of alkyl halides is 2. The third kappa shape index (κ3) is 3.54. The molecule has 0 unspecified atom stereocenters. The number of anilines is 1. The van der Waals surface area contributed by atoms with Gasteiger partial charge in [0.25, 0.3) is 5.91 Å². The largest absolute Gasteiger partial charge is 0.433 e. The molecule has 0 aliphatic rings. The first-order valence-corrected chi connectivity index (χ1v) is 6.85. The van der Waals surface area contributed by atoms with Crippen LogP contribution in [0.2, 0.25) is 0 Å². The van der Waals surface area contributed by atoms with E-state index in [1.807, 2.05) is 13.0 Å². The molecular weight excluding hydrogens is 284 g/mol. The van der Waals surface area contributed by atoms with Gasteiger partial charge >= 0.3 is 6.61 Å². The number of ether oxygens (including phenoxy) is 1. The second-order valence-corrected chi connectivity index (χ2v) is 5.12. The van der Waals surface area contributed by atoms with Crippen LogP contribution in [0.3, 0.4) is 0 Å². The smallest absolute Gasteiger partial charge is 0.387 e. The van der Waals surface area contributed by atoms with Crippen molar-refractivity contribution < 1.29 is 18.3 Å². The van der Waals surface area contributed by atoms with E-state index in [0.717, 1.165) is 11.3 Å². The molecule has 20 heavy (non-hydrogen) atoms. The lowest BCUT2D eigenvalue weighted by Gasteiger charge is -2.10. The second-order valence-electron chi connectivity index (χ2n) is 3.95. The summed E-state index contributed by atoms with van der Waals surface area (Å²) in [4.78, 5) is 13.7. The molecule has 0 spiro atoms. The fraction of sp³-hybridized carbons (Fsp3) is 0.214. The third-order valence-electron chi connectivity index (χ3n) is 2.59. The zero-order chi connectivity index (χ0) is 14.5. The zero-order valence-electron chi connectivity index (χ0n) is 10.7. The van der Waals surface area contributed by atoms with Gasteiger partial charge in [-0.15, -0.1) is 11.3 Å². The Morgan fingerprint density at radius 1 is 1.30 bits per heavy atom. The fourth-order valence-electron chi connectivity index (χ4n) is 1.64. The molecule has 3 nitrogen and oxygen atoms in total. The third-order valence-corrected chi connectivity index (χ3v) is 3.81. The Balaban J connectivity index is 2.15. The molecule has 1 N–H and O–H groups in total. The van der Waals surface area contributed by atoms with E-state index >= 15 is 0 Å². The van der Waals surface area contributed by atoms with Crippen LogP contribution in [0.25, 0.3) is 0 Å². The molecule has 1 aromatic heterocycles. The fourth-order valence-corrected chi connectivity index (χ4v) is 2.49. The van der Waals surface area contributed by atoms with E-state index in [0.29, 0.717) is 4.88 Å². The Labute approximate surface area is 119 Å². The predicted octanol–water partition coefficient (Wildman–Crippen LogP) is 4.16. The molecule has 0 aliphatic carbocycles. The molecule has 0 saturated heterocycles. The summed E-state index contributed by atoms with van der Waals surface area (Å²) in [5.41, 5.74) is 0.226. The van der Waals surface area contributed by atoms with Gasteiger partial charge in [0.05, 0.1) is 10.6 Å². The molecule has 0 fully saturated rings. The molecule has 106 valence electrons. The van der Waals surface area contributed by atoms with E-state index in [9.17, 15) is 13.6 Å². The molecule has 0 saturated carbocycles. The van der Waals surface area contributed by atoms with Crippen LogP contribution in [0, 0.1) is 0 Å². The van der Waals surface area contributed by atoms with Crippen molar-refractivity contribution in [1.82, 2.24) is 0 Å². The van der Waals surface area contributed by atoms with Gasteiger partial charge in [0.1, 0.15) is 5.75 Å². The number of thiophene rings is 1. The minimum absolute atomic E-state index is 0.0527. The maximum Gasteiger partial charge on any atom is 0.387 e. The standard InChI is InChI=1S/C14H13F2NO2S/c1-2-9-7-8-12(20-9)13(18)17-10-5-3-4-6-11(10)19-14(15)16/h3-8,14H,2H2,1H3,(H,17,18). The van der Waals surface area contributed by atoms with Crippen molar-refractivity contribution in [3.63, 3.8) is 0 Å². The van der Waals surface area contributed by atoms with E-state index in [-0.39, 0.29) is 17.3 Å². The van der Waals surface area contributed by atoms with E-state index in [1.165, 1.54) is 23.5 Å². The van der Waals surface area contributed by atoms with Crippen molar-refractivity contribution >= 4 is 22.9 Å². The quantitative estimate of drug-likeness (QED) is 0.899. The second kappa shape index (κ2) is 6.47. The topological polar surface area (TPSA) is 38.3 Å². The SMILES string of the molecule is CCc1ccc(C(=O)Nc2ccccc2OC(F)F)s1. The van der Waals surface area contributed by atoms with Crippen LogP contribution >= 0.6 is 11.3 Å². The highest BCUT2D eigenvalue weighted by atomic mass is 32.1. The summed E-state index contributed by atoms with van der Waals surface area (Å²) in [6.45, 7) is -0.930. The summed E-state index contributed by atoms with van der Waals surface area (Å²) < 4.78 is 28.9. The lowest BCUT2D eigenvalue weighted by atomic mass is 10.3. The Morgan fingerprint density at radius 2 is 2.05 bits per heavy atom. The molecule has 1 amide bonds. The number of hydrogen-bond acceptors (Lipinski definition) is 3. The minimum atomic E-state index is -2.93. The van der Waals surface area contributed by atoms with Gasteiger partial charge in [-0.05, 0) is 30.7 Å². The molecule has 0 radical (unpaired) electrons. The van der Waals surface area contributed by atoms with Gasteiger partial charge in [0.2, 0.25) is 0 Å². The van der Waals surface area contributed by atoms with Crippen LogP contribution in [0.5, 0.6) is 5.75 Å². The van der Waals surface area contributed by atoms with Crippen LogP contribution in [-0.4, -0.2) is 12.5 Å². The Hall–Kier alpha value is -1.95. The molecule has 6 heteroatoms. The van der Waals surface area contributed by atoms with Gasteiger partial charge in [-0.2, -0.15) is 8.78 Å². The number of nitrogens with one attached hydrogen (secondary N) is 1. The Kier molecular flexibility index (Phi) is 4.68.